The normalized spacial score (nSPS) is 10.8. The average molecular weight is 312 g/mol. The van der Waals surface area contributed by atoms with Crippen LogP contribution < -0.4 is 10.1 Å². The Morgan fingerprint density at radius 1 is 1.32 bits per heavy atom. The van der Waals surface area contributed by atoms with Crippen molar-refractivity contribution >= 4 is 22.6 Å². The van der Waals surface area contributed by atoms with E-state index in [0.717, 1.165) is 23.6 Å². The van der Waals surface area contributed by atoms with E-state index in [1.54, 1.807) is 6.20 Å². The number of hydrogen-bond donors (Lipinski definition) is 1. The van der Waals surface area contributed by atoms with Gasteiger partial charge in [-0.2, -0.15) is 5.26 Å². The summed E-state index contributed by atoms with van der Waals surface area (Å²) in [4.78, 5) is 8.57. The number of amidine groups is 1. The number of thioether (sulfide) groups is 1. The number of nitrogens with zero attached hydrogens (tertiary/aromatic N) is 3. The topological polar surface area (TPSA) is 70.3 Å². The standard InChI is InChI=1S/C16H16N4OS/c1-22-16(19-12-17)20-14-5-7-15(8-6-14)21-11-9-13-4-2-3-10-18-13/h2-8,10H,9,11H2,1H3,(H,19,20). The summed E-state index contributed by atoms with van der Waals surface area (Å²) in [6, 6.07) is 13.3. The Balaban J connectivity index is 1.88. The molecule has 0 radical (unpaired) electrons. The predicted molar refractivity (Wildman–Crippen MR) is 89.2 cm³/mol. The third-order valence-corrected chi connectivity index (χ3v) is 3.36. The maximum Gasteiger partial charge on any atom is 0.183 e. The molecule has 0 amide bonds. The maximum absolute atomic E-state index is 8.60. The van der Waals surface area contributed by atoms with Gasteiger partial charge < -0.3 is 4.74 Å². The van der Waals surface area contributed by atoms with Crippen LogP contribution in [-0.2, 0) is 6.42 Å². The minimum Gasteiger partial charge on any atom is -0.493 e. The zero-order chi connectivity index (χ0) is 15.6. The van der Waals surface area contributed by atoms with E-state index in [1.807, 2.05) is 54.9 Å². The summed E-state index contributed by atoms with van der Waals surface area (Å²) in [5.74, 6) is 0.786. The van der Waals surface area contributed by atoms with Gasteiger partial charge in [0.25, 0.3) is 0 Å². The number of aromatic nitrogens is 1. The first-order valence-electron chi connectivity index (χ1n) is 6.72. The second-order valence-corrected chi connectivity index (χ2v) is 5.07. The van der Waals surface area contributed by atoms with Crippen LogP contribution >= 0.6 is 11.8 Å². The van der Waals surface area contributed by atoms with E-state index in [-0.39, 0.29) is 0 Å². The molecule has 0 aliphatic rings. The quantitative estimate of drug-likeness (QED) is 0.397. The zero-order valence-corrected chi connectivity index (χ0v) is 13.0. The number of ether oxygens (including phenoxy) is 1. The SMILES string of the molecule is CSC(=Nc1ccc(OCCc2ccccn2)cc1)NC#N. The molecule has 0 atom stereocenters. The van der Waals surface area contributed by atoms with Crippen LogP contribution in [0.25, 0.3) is 0 Å². The van der Waals surface area contributed by atoms with Gasteiger partial charge in [0.05, 0.1) is 12.3 Å². The van der Waals surface area contributed by atoms with E-state index in [1.165, 1.54) is 11.8 Å². The number of pyridine rings is 1. The van der Waals surface area contributed by atoms with Crippen LogP contribution in [0.3, 0.4) is 0 Å². The molecule has 0 aliphatic heterocycles. The van der Waals surface area contributed by atoms with E-state index in [2.05, 4.69) is 15.3 Å². The molecular weight excluding hydrogens is 296 g/mol. The molecular formula is C16H16N4OS. The molecule has 1 N–H and O–H groups in total. The lowest BCUT2D eigenvalue weighted by Gasteiger charge is -2.06. The monoisotopic (exact) mass is 312 g/mol. The maximum atomic E-state index is 8.60. The van der Waals surface area contributed by atoms with Crippen molar-refractivity contribution in [2.75, 3.05) is 12.9 Å². The van der Waals surface area contributed by atoms with Gasteiger partial charge in [0.15, 0.2) is 11.4 Å². The van der Waals surface area contributed by atoms with Crippen LogP contribution in [0.5, 0.6) is 5.75 Å². The molecule has 1 heterocycles. The van der Waals surface area contributed by atoms with Crippen molar-refractivity contribution < 1.29 is 4.74 Å². The smallest absolute Gasteiger partial charge is 0.183 e. The molecule has 22 heavy (non-hydrogen) atoms. The van der Waals surface area contributed by atoms with Gasteiger partial charge in [-0.25, -0.2) is 4.99 Å². The fourth-order valence-corrected chi connectivity index (χ4v) is 2.07. The van der Waals surface area contributed by atoms with Crippen molar-refractivity contribution in [2.24, 2.45) is 4.99 Å². The lowest BCUT2D eigenvalue weighted by molar-refractivity contribution is 0.320. The van der Waals surface area contributed by atoms with E-state index in [0.29, 0.717) is 11.8 Å². The van der Waals surface area contributed by atoms with Gasteiger partial charge in [0.2, 0.25) is 0 Å². The first-order chi connectivity index (χ1) is 10.8. The Morgan fingerprint density at radius 3 is 2.77 bits per heavy atom. The first kappa shape index (κ1) is 15.9. The van der Waals surface area contributed by atoms with E-state index >= 15 is 0 Å². The Bertz CT molecular complexity index is 650. The molecule has 0 saturated carbocycles. The van der Waals surface area contributed by atoms with Crippen molar-refractivity contribution in [1.29, 1.82) is 5.26 Å². The second kappa shape index (κ2) is 8.70. The van der Waals surface area contributed by atoms with Gasteiger partial charge in [-0.3, -0.25) is 10.3 Å². The van der Waals surface area contributed by atoms with Gasteiger partial charge in [0.1, 0.15) is 5.75 Å². The molecule has 1 aromatic heterocycles. The van der Waals surface area contributed by atoms with Crippen LogP contribution in [0.1, 0.15) is 5.69 Å². The van der Waals surface area contributed by atoms with Crippen molar-refractivity contribution in [3.05, 3.63) is 54.4 Å². The number of nitriles is 1. The molecule has 0 spiro atoms. The first-order valence-corrected chi connectivity index (χ1v) is 7.95. The molecule has 0 aliphatic carbocycles. The van der Waals surface area contributed by atoms with Gasteiger partial charge in [-0.05, 0) is 42.7 Å². The molecule has 112 valence electrons. The summed E-state index contributed by atoms with van der Waals surface area (Å²) < 4.78 is 5.68. The molecule has 1 aromatic carbocycles. The highest BCUT2D eigenvalue weighted by Crippen LogP contribution is 2.19. The predicted octanol–water partition coefficient (Wildman–Crippen LogP) is 3.12. The lowest BCUT2D eigenvalue weighted by atomic mass is 10.3. The summed E-state index contributed by atoms with van der Waals surface area (Å²) in [6.45, 7) is 0.575. The minimum absolute atomic E-state index is 0.561. The highest BCUT2D eigenvalue weighted by molar-refractivity contribution is 8.13. The highest BCUT2D eigenvalue weighted by atomic mass is 32.2. The Hall–Kier alpha value is -2.52. The van der Waals surface area contributed by atoms with Crippen LogP contribution in [0, 0.1) is 11.5 Å². The Morgan fingerprint density at radius 2 is 2.14 bits per heavy atom. The summed E-state index contributed by atoms with van der Waals surface area (Å²) in [5.41, 5.74) is 1.78. The summed E-state index contributed by atoms with van der Waals surface area (Å²) >= 11 is 1.38. The third kappa shape index (κ3) is 5.11. The highest BCUT2D eigenvalue weighted by Gasteiger charge is 1.99. The van der Waals surface area contributed by atoms with Crippen molar-refractivity contribution in [3.63, 3.8) is 0 Å². The molecule has 2 rings (SSSR count). The summed E-state index contributed by atoms with van der Waals surface area (Å²) in [5, 5.41) is 11.7. The number of hydrogen-bond acceptors (Lipinski definition) is 5. The summed E-state index contributed by atoms with van der Waals surface area (Å²) in [7, 11) is 0. The third-order valence-electron chi connectivity index (χ3n) is 2.78. The van der Waals surface area contributed by atoms with Crippen molar-refractivity contribution in [1.82, 2.24) is 10.3 Å². The van der Waals surface area contributed by atoms with Crippen LogP contribution in [-0.4, -0.2) is 23.0 Å². The lowest BCUT2D eigenvalue weighted by Crippen LogP contribution is -2.12. The number of benzene rings is 1. The van der Waals surface area contributed by atoms with Gasteiger partial charge >= 0.3 is 0 Å². The van der Waals surface area contributed by atoms with Crippen molar-refractivity contribution in [3.8, 4) is 11.9 Å². The Kier molecular flexibility index (Phi) is 6.27. The van der Waals surface area contributed by atoms with Crippen LogP contribution in [0.15, 0.2) is 53.7 Å². The molecule has 6 heteroatoms. The van der Waals surface area contributed by atoms with Crippen LogP contribution in [0.2, 0.25) is 0 Å². The number of nitrogens with one attached hydrogen (secondary N) is 1. The van der Waals surface area contributed by atoms with Crippen molar-refractivity contribution in [2.45, 2.75) is 6.42 Å². The van der Waals surface area contributed by atoms with E-state index < -0.39 is 0 Å². The average Bonchev–Trinajstić information content (AvgIpc) is 2.57. The molecule has 2 aromatic rings. The fourth-order valence-electron chi connectivity index (χ4n) is 1.73. The fraction of sp³-hybridized carbons (Fsp3) is 0.188. The van der Waals surface area contributed by atoms with Gasteiger partial charge in [-0.1, -0.05) is 17.8 Å². The minimum atomic E-state index is 0.561. The van der Waals surface area contributed by atoms with Crippen LogP contribution in [0.4, 0.5) is 5.69 Å². The van der Waals surface area contributed by atoms with E-state index in [9.17, 15) is 0 Å². The molecule has 5 nitrogen and oxygen atoms in total. The number of rotatable bonds is 5. The van der Waals surface area contributed by atoms with Gasteiger partial charge in [-0.15, -0.1) is 0 Å². The molecule has 0 fully saturated rings. The number of aliphatic imine (C=N–C) groups is 1. The van der Waals surface area contributed by atoms with Gasteiger partial charge in [0, 0.05) is 18.3 Å². The second-order valence-electron chi connectivity index (χ2n) is 4.27. The zero-order valence-electron chi connectivity index (χ0n) is 12.2. The Labute approximate surface area is 134 Å². The summed E-state index contributed by atoms with van der Waals surface area (Å²) in [6.07, 6.45) is 6.27. The largest absolute Gasteiger partial charge is 0.493 e. The molecule has 0 unspecified atom stereocenters. The molecule has 0 saturated heterocycles. The molecule has 0 bridgehead atoms. The van der Waals surface area contributed by atoms with E-state index in [4.69, 9.17) is 10.00 Å².